The van der Waals surface area contributed by atoms with Gasteiger partial charge in [-0.25, -0.2) is 0 Å². The first-order chi connectivity index (χ1) is 8.74. The molecule has 1 atom stereocenters. The smallest absolute Gasteiger partial charge is 0.200 e. The Balaban J connectivity index is 1.96. The molecule has 0 fully saturated rings. The van der Waals surface area contributed by atoms with Crippen molar-refractivity contribution >= 4 is 11.5 Å². The molecule has 7 nitrogen and oxygen atoms in total. The van der Waals surface area contributed by atoms with Gasteiger partial charge in [-0.05, 0) is 42.6 Å². The average molecular weight is 249 g/mol. The molecule has 7 heteroatoms. The Hall–Kier alpha value is -1.76. The van der Waals surface area contributed by atoms with Crippen molar-refractivity contribution in [3.8, 4) is 0 Å². The molecule has 0 aliphatic rings. The van der Waals surface area contributed by atoms with Crippen LogP contribution in [0, 0.1) is 0 Å². The minimum absolute atomic E-state index is 0.464. The third-order valence-corrected chi connectivity index (χ3v) is 3.08. The number of likely N-dealkylation sites (N-methyl/N-ethyl adjacent to an activating group) is 1. The van der Waals surface area contributed by atoms with Crippen LogP contribution in [0.25, 0.3) is 5.65 Å². The fourth-order valence-electron chi connectivity index (χ4n) is 1.97. The minimum atomic E-state index is 0.464. The summed E-state index contributed by atoms with van der Waals surface area (Å²) in [5, 5.41) is 18.7. The molecule has 2 rings (SSSR count). The predicted molar refractivity (Wildman–Crippen MR) is 69.4 cm³/mol. The zero-order valence-corrected chi connectivity index (χ0v) is 11.0. The van der Waals surface area contributed by atoms with Gasteiger partial charge in [0.15, 0.2) is 5.65 Å². The van der Waals surface area contributed by atoms with Crippen molar-refractivity contribution in [1.29, 1.82) is 0 Å². The molecule has 0 bridgehead atoms. The standard InChI is InChI=1S/C11H19N7/c1-4-17(5-2)9(3)8-12-10-6-7-11-13-15-16-18(11)14-10/h6-7,9H,4-5,8H2,1-3H3,(H,12,14)/t9-/m0/s1. The molecule has 18 heavy (non-hydrogen) atoms. The molecule has 1 N–H and O–H groups in total. The van der Waals surface area contributed by atoms with Gasteiger partial charge in [-0.3, -0.25) is 4.90 Å². The van der Waals surface area contributed by atoms with E-state index in [1.54, 1.807) is 0 Å². The van der Waals surface area contributed by atoms with Crippen molar-refractivity contribution in [3.63, 3.8) is 0 Å². The molecule has 98 valence electrons. The Kier molecular flexibility index (Phi) is 4.03. The maximum atomic E-state index is 4.27. The molecule has 0 aromatic carbocycles. The molecule has 0 aliphatic carbocycles. The van der Waals surface area contributed by atoms with E-state index in [1.807, 2.05) is 12.1 Å². The third-order valence-electron chi connectivity index (χ3n) is 3.08. The minimum Gasteiger partial charge on any atom is -0.367 e. The topological polar surface area (TPSA) is 71.2 Å². The summed E-state index contributed by atoms with van der Waals surface area (Å²) in [6.07, 6.45) is 0. The normalized spacial score (nSPS) is 13.1. The van der Waals surface area contributed by atoms with Gasteiger partial charge < -0.3 is 5.32 Å². The second-order valence-corrected chi connectivity index (χ2v) is 4.20. The van der Waals surface area contributed by atoms with Crippen LogP contribution in [0.2, 0.25) is 0 Å². The monoisotopic (exact) mass is 249 g/mol. The Morgan fingerprint density at radius 3 is 2.83 bits per heavy atom. The lowest BCUT2D eigenvalue weighted by Crippen LogP contribution is -2.37. The van der Waals surface area contributed by atoms with Gasteiger partial charge in [0.05, 0.1) is 0 Å². The van der Waals surface area contributed by atoms with E-state index in [0.717, 1.165) is 25.5 Å². The van der Waals surface area contributed by atoms with E-state index in [4.69, 9.17) is 0 Å². The number of anilines is 1. The van der Waals surface area contributed by atoms with E-state index in [9.17, 15) is 0 Å². The van der Waals surface area contributed by atoms with Crippen LogP contribution in [0.4, 0.5) is 5.82 Å². The predicted octanol–water partition coefficient (Wildman–Crippen LogP) is 0.661. The summed E-state index contributed by atoms with van der Waals surface area (Å²) in [6, 6.07) is 4.20. The zero-order valence-electron chi connectivity index (χ0n) is 11.0. The number of tetrazole rings is 1. The molecule has 0 radical (unpaired) electrons. The zero-order chi connectivity index (χ0) is 13.0. The molecular weight excluding hydrogens is 230 g/mol. The van der Waals surface area contributed by atoms with Gasteiger partial charge in [-0.15, -0.1) is 14.8 Å². The highest BCUT2D eigenvalue weighted by Gasteiger charge is 2.10. The Morgan fingerprint density at radius 2 is 2.11 bits per heavy atom. The van der Waals surface area contributed by atoms with Gasteiger partial charge in [0.2, 0.25) is 0 Å². The van der Waals surface area contributed by atoms with Gasteiger partial charge in [0, 0.05) is 12.6 Å². The molecule has 2 aromatic heterocycles. The highest BCUT2D eigenvalue weighted by atomic mass is 15.6. The van der Waals surface area contributed by atoms with Gasteiger partial charge in [-0.2, -0.15) is 0 Å². The summed E-state index contributed by atoms with van der Waals surface area (Å²) >= 11 is 0. The molecule has 0 unspecified atom stereocenters. The van der Waals surface area contributed by atoms with E-state index >= 15 is 0 Å². The van der Waals surface area contributed by atoms with Crippen LogP contribution in [0.1, 0.15) is 20.8 Å². The Labute approximate surface area is 106 Å². The van der Waals surface area contributed by atoms with Gasteiger partial charge in [0.1, 0.15) is 5.82 Å². The first-order valence-corrected chi connectivity index (χ1v) is 6.28. The number of fused-ring (bicyclic) bond motifs is 1. The summed E-state index contributed by atoms with van der Waals surface area (Å²) in [6.45, 7) is 9.51. The molecule has 0 saturated heterocycles. The largest absolute Gasteiger partial charge is 0.367 e. The lowest BCUT2D eigenvalue weighted by Gasteiger charge is -2.26. The van der Waals surface area contributed by atoms with Gasteiger partial charge >= 0.3 is 0 Å². The van der Waals surface area contributed by atoms with Crippen molar-refractivity contribution in [2.75, 3.05) is 25.0 Å². The molecular formula is C11H19N7. The molecule has 2 heterocycles. The van der Waals surface area contributed by atoms with E-state index in [-0.39, 0.29) is 0 Å². The van der Waals surface area contributed by atoms with E-state index in [2.05, 4.69) is 51.6 Å². The number of rotatable bonds is 6. The SMILES string of the molecule is CCN(CC)[C@@H](C)CNc1ccc2nnnn2n1. The molecule has 0 aliphatic heterocycles. The number of aromatic nitrogens is 5. The summed E-state index contributed by atoms with van der Waals surface area (Å²) in [5.41, 5.74) is 0.650. The molecule has 0 amide bonds. The van der Waals surface area contributed by atoms with Crippen LogP contribution in [0.3, 0.4) is 0 Å². The summed E-state index contributed by atoms with van der Waals surface area (Å²) in [7, 11) is 0. The second kappa shape index (κ2) is 5.72. The van der Waals surface area contributed by atoms with Crippen LogP contribution < -0.4 is 5.32 Å². The Bertz CT molecular complexity index is 491. The summed E-state index contributed by atoms with van der Waals surface area (Å²) in [5.74, 6) is 0.786. The quantitative estimate of drug-likeness (QED) is 0.811. The van der Waals surface area contributed by atoms with Crippen LogP contribution in [0.15, 0.2) is 12.1 Å². The highest BCUT2D eigenvalue weighted by Crippen LogP contribution is 2.05. The fraction of sp³-hybridized carbons (Fsp3) is 0.636. The van der Waals surface area contributed by atoms with Crippen LogP contribution in [-0.2, 0) is 0 Å². The highest BCUT2D eigenvalue weighted by molar-refractivity contribution is 5.42. The lowest BCUT2D eigenvalue weighted by molar-refractivity contribution is 0.240. The van der Waals surface area contributed by atoms with E-state index in [1.165, 1.54) is 4.63 Å². The van der Waals surface area contributed by atoms with Crippen molar-refractivity contribution in [2.24, 2.45) is 0 Å². The van der Waals surface area contributed by atoms with Crippen LogP contribution >= 0.6 is 0 Å². The Morgan fingerprint density at radius 1 is 1.33 bits per heavy atom. The van der Waals surface area contributed by atoms with E-state index in [0.29, 0.717) is 11.7 Å². The maximum Gasteiger partial charge on any atom is 0.200 e. The first-order valence-electron chi connectivity index (χ1n) is 6.28. The number of nitrogens with one attached hydrogen (secondary N) is 1. The molecule has 2 aromatic rings. The van der Waals surface area contributed by atoms with Crippen LogP contribution in [0.5, 0.6) is 0 Å². The lowest BCUT2D eigenvalue weighted by atomic mass is 10.3. The number of hydrogen-bond donors (Lipinski definition) is 1. The van der Waals surface area contributed by atoms with Crippen molar-refractivity contribution in [2.45, 2.75) is 26.8 Å². The van der Waals surface area contributed by atoms with Crippen molar-refractivity contribution in [1.82, 2.24) is 30.2 Å². The average Bonchev–Trinajstić information content (AvgIpc) is 2.85. The summed E-state index contributed by atoms with van der Waals surface area (Å²) in [4.78, 5) is 2.39. The first kappa shape index (κ1) is 12.7. The summed E-state index contributed by atoms with van der Waals surface area (Å²) < 4.78 is 1.42. The molecule has 0 saturated carbocycles. The number of hydrogen-bond acceptors (Lipinski definition) is 6. The third kappa shape index (κ3) is 2.73. The van der Waals surface area contributed by atoms with Crippen molar-refractivity contribution in [3.05, 3.63) is 12.1 Å². The second-order valence-electron chi connectivity index (χ2n) is 4.20. The van der Waals surface area contributed by atoms with Gasteiger partial charge in [-0.1, -0.05) is 13.8 Å². The maximum absolute atomic E-state index is 4.27. The van der Waals surface area contributed by atoms with Gasteiger partial charge in [0.25, 0.3) is 0 Å². The van der Waals surface area contributed by atoms with Crippen molar-refractivity contribution < 1.29 is 0 Å². The molecule has 0 spiro atoms. The number of nitrogens with zero attached hydrogens (tertiary/aromatic N) is 6. The van der Waals surface area contributed by atoms with E-state index < -0.39 is 0 Å². The van der Waals surface area contributed by atoms with Crippen LogP contribution in [-0.4, -0.2) is 55.8 Å². The fourth-order valence-corrected chi connectivity index (χ4v) is 1.97.